The Morgan fingerprint density at radius 3 is 2.67 bits per heavy atom. The van der Waals surface area contributed by atoms with Crippen molar-refractivity contribution in [2.45, 2.75) is 26.9 Å². The molecule has 1 aromatic heterocycles. The molecule has 0 aliphatic rings. The highest BCUT2D eigenvalue weighted by atomic mass is 32.1. The van der Waals surface area contributed by atoms with Crippen LogP contribution in [-0.4, -0.2) is 17.2 Å². The van der Waals surface area contributed by atoms with Crippen molar-refractivity contribution >= 4 is 11.3 Å². The van der Waals surface area contributed by atoms with Gasteiger partial charge in [-0.1, -0.05) is 12.1 Å². The molecule has 96 valence electrons. The largest absolute Gasteiger partial charge is 0.496 e. The summed E-state index contributed by atoms with van der Waals surface area (Å²) in [6, 6.07) is 6.16. The first kappa shape index (κ1) is 13.1. The molecule has 0 saturated heterocycles. The van der Waals surface area contributed by atoms with Crippen LogP contribution in [0.2, 0.25) is 0 Å². The number of thiazole rings is 1. The van der Waals surface area contributed by atoms with Gasteiger partial charge in [-0.15, -0.1) is 11.3 Å². The summed E-state index contributed by atoms with van der Waals surface area (Å²) < 4.78 is 5.24. The van der Waals surface area contributed by atoms with Crippen molar-refractivity contribution in [2.24, 2.45) is 0 Å². The first-order valence-corrected chi connectivity index (χ1v) is 6.65. The monoisotopic (exact) mass is 263 g/mol. The molecule has 2 aromatic rings. The normalized spacial score (nSPS) is 10.7. The minimum absolute atomic E-state index is 0.0745. The molecule has 0 amide bonds. The van der Waals surface area contributed by atoms with E-state index in [1.54, 1.807) is 18.4 Å². The first-order chi connectivity index (χ1) is 8.63. The number of benzene rings is 1. The van der Waals surface area contributed by atoms with E-state index in [2.05, 4.69) is 17.1 Å². The Bertz CT molecular complexity index is 549. The van der Waals surface area contributed by atoms with Crippen LogP contribution in [0.25, 0.3) is 0 Å². The van der Waals surface area contributed by atoms with Crippen molar-refractivity contribution in [3.05, 3.63) is 44.9 Å². The average molecular weight is 263 g/mol. The van der Waals surface area contributed by atoms with Gasteiger partial charge < -0.3 is 9.84 Å². The smallest absolute Gasteiger partial charge is 0.121 e. The van der Waals surface area contributed by atoms with Crippen molar-refractivity contribution in [1.82, 2.24) is 4.98 Å². The molecule has 18 heavy (non-hydrogen) atoms. The Labute approximate surface area is 111 Å². The van der Waals surface area contributed by atoms with Gasteiger partial charge in [0.25, 0.3) is 0 Å². The molecule has 1 N–H and O–H groups in total. The second kappa shape index (κ2) is 5.50. The van der Waals surface area contributed by atoms with E-state index < -0.39 is 0 Å². The maximum absolute atomic E-state index is 9.16. The van der Waals surface area contributed by atoms with Crippen molar-refractivity contribution in [2.75, 3.05) is 7.11 Å². The lowest BCUT2D eigenvalue weighted by molar-refractivity contribution is 0.284. The summed E-state index contributed by atoms with van der Waals surface area (Å²) in [5, 5.41) is 10.2. The molecular formula is C14H17NO2S. The third-order valence-corrected chi connectivity index (χ3v) is 4.04. The second-order valence-electron chi connectivity index (χ2n) is 4.26. The summed E-state index contributed by atoms with van der Waals surface area (Å²) in [6.07, 6.45) is 0.802. The molecular weight excluding hydrogens is 246 g/mol. The lowest BCUT2D eigenvalue weighted by Crippen LogP contribution is -1.91. The van der Waals surface area contributed by atoms with E-state index in [0.717, 1.165) is 33.3 Å². The number of aryl methyl sites for hydroxylation is 2. The molecule has 4 heteroatoms. The number of aliphatic hydroxyl groups excluding tert-OH is 1. The van der Waals surface area contributed by atoms with Gasteiger partial charge in [0, 0.05) is 6.42 Å². The summed E-state index contributed by atoms with van der Waals surface area (Å²) in [6.45, 7) is 4.05. The van der Waals surface area contributed by atoms with Crippen LogP contribution < -0.4 is 4.74 Å². The van der Waals surface area contributed by atoms with Gasteiger partial charge in [0.15, 0.2) is 0 Å². The van der Waals surface area contributed by atoms with Crippen molar-refractivity contribution < 1.29 is 9.84 Å². The quantitative estimate of drug-likeness (QED) is 0.922. The van der Waals surface area contributed by atoms with Gasteiger partial charge in [0.1, 0.15) is 5.75 Å². The molecule has 0 atom stereocenters. The van der Waals surface area contributed by atoms with Crippen LogP contribution in [0.3, 0.4) is 0 Å². The van der Waals surface area contributed by atoms with Crippen LogP contribution in [0, 0.1) is 13.8 Å². The highest BCUT2D eigenvalue weighted by Crippen LogP contribution is 2.23. The molecule has 0 aliphatic carbocycles. The average Bonchev–Trinajstić information content (AvgIpc) is 2.69. The third-order valence-electron chi connectivity index (χ3n) is 2.90. The minimum Gasteiger partial charge on any atom is -0.496 e. The molecule has 2 rings (SSSR count). The van der Waals surface area contributed by atoms with Gasteiger partial charge in [-0.25, -0.2) is 4.98 Å². The molecule has 1 aromatic carbocycles. The van der Waals surface area contributed by atoms with Gasteiger partial charge >= 0.3 is 0 Å². The number of methoxy groups -OCH3 is 1. The molecule has 0 radical (unpaired) electrons. The highest BCUT2D eigenvalue weighted by molar-refractivity contribution is 7.11. The van der Waals surface area contributed by atoms with Crippen LogP contribution >= 0.6 is 11.3 Å². The van der Waals surface area contributed by atoms with Gasteiger partial charge in [-0.3, -0.25) is 0 Å². The number of hydrogen-bond donors (Lipinski definition) is 1. The zero-order chi connectivity index (χ0) is 13.1. The predicted molar refractivity (Wildman–Crippen MR) is 73.3 cm³/mol. The highest BCUT2D eigenvalue weighted by Gasteiger charge is 2.08. The number of aromatic nitrogens is 1. The second-order valence-corrected chi connectivity index (χ2v) is 5.42. The fourth-order valence-electron chi connectivity index (χ4n) is 1.94. The Balaban J connectivity index is 2.20. The number of nitrogens with zero attached hydrogens (tertiary/aromatic N) is 1. The molecule has 3 nitrogen and oxygen atoms in total. The summed E-state index contributed by atoms with van der Waals surface area (Å²) in [5.74, 6) is 0.908. The van der Waals surface area contributed by atoms with Crippen molar-refractivity contribution in [3.8, 4) is 5.75 Å². The van der Waals surface area contributed by atoms with Crippen LogP contribution in [0.1, 0.15) is 26.7 Å². The SMILES string of the molecule is COc1ccc(Cc2nc(C)c(CO)s2)cc1C. The fraction of sp³-hybridized carbons (Fsp3) is 0.357. The van der Waals surface area contributed by atoms with Crippen LogP contribution in [-0.2, 0) is 13.0 Å². The van der Waals surface area contributed by atoms with Gasteiger partial charge in [0.2, 0.25) is 0 Å². The van der Waals surface area contributed by atoms with Crippen LogP contribution in [0.15, 0.2) is 18.2 Å². The van der Waals surface area contributed by atoms with Gasteiger partial charge in [-0.05, 0) is 31.0 Å². The molecule has 0 saturated carbocycles. The van der Waals surface area contributed by atoms with E-state index in [0.29, 0.717) is 0 Å². The minimum atomic E-state index is 0.0745. The van der Waals surface area contributed by atoms with Gasteiger partial charge in [-0.2, -0.15) is 0 Å². The summed E-state index contributed by atoms with van der Waals surface area (Å²) in [7, 11) is 1.68. The molecule has 1 heterocycles. The molecule has 0 spiro atoms. The third kappa shape index (κ3) is 2.71. The maximum Gasteiger partial charge on any atom is 0.121 e. The van der Waals surface area contributed by atoms with Crippen LogP contribution in [0.4, 0.5) is 0 Å². The lowest BCUT2D eigenvalue weighted by atomic mass is 10.1. The maximum atomic E-state index is 9.16. The lowest BCUT2D eigenvalue weighted by Gasteiger charge is -2.06. The predicted octanol–water partition coefficient (Wildman–Crippen LogP) is 2.85. The molecule has 0 bridgehead atoms. The number of rotatable bonds is 4. The summed E-state index contributed by atoms with van der Waals surface area (Å²) in [4.78, 5) is 5.43. The summed E-state index contributed by atoms with van der Waals surface area (Å²) >= 11 is 1.58. The van der Waals surface area contributed by atoms with E-state index in [4.69, 9.17) is 9.84 Å². The van der Waals surface area contributed by atoms with E-state index in [9.17, 15) is 0 Å². The topological polar surface area (TPSA) is 42.4 Å². The fourth-order valence-corrected chi connectivity index (χ4v) is 2.90. The zero-order valence-electron chi connectivity index (χ0n) is 10.9. The standard InChI is InChI=1S/C14H17NO2S/c1-9-6-11(4-5-12(9)17-3)7-14-15-10(2)13(8-16)18-14/h4-6,16H,7-8H2,1-3H3. The van der Waals surface area contributed by atoms with Gasteiger partial charge in [0.05, 0.1) is 29.3 Å². The Morgan fingerprint density at radius 1 is 1.33 bits per heavy atom. The molecule has 0 fully saturated rings. The van der Waals surface area contributed by atoms with E-state index in [1.807, 2.05) is 19.9 Å². The van der Waals surface area contributed by atoms with Crippen molar-refractivity contribution in [1.29, 1.82) is 0 Å². The molecule has 0 unspecified atom stereocenters. The Hall–Kier alpha value is -1.39. The molecule has 0 aliphatic heterocycles. The Morgan fingerprint density at radius 2 is 2.11 bits per heavy atom. The number of hydrogen-bond acceptors (Lipinski definition) is 4. The van der Waals surface area contributed by atoms with Crippen molar-refractivity contribution in [3.63, 3.8) is 0 Å². The number of aliphatic hydroxyl groups is 1. The van der Waals surface area contributed by atoms with E-state index >= 15 is 0 Å². The van der Waals surface area contributed by atoms with E-state index in [1.165, 1.54) is 5.56 Å². The zero-order valence-corrected chi connectivity index (χ0v) is 11.7. The summed E-state index contributed by atoms with van der Waals surface area (Å²) in [5.41, 5.74) is 3.28. The first-order valence-electron chi connectivity index (χ1n) is 5.83. The Kier molecular flexibility index (Phi) is 3.99. The van der Waals surface area contributed by atoms with E-state index in [-0.39, 0.29) is 6.61 Å². The number of ether oxygens (including phenoxy) is 1. The van der Waals surface area contributed by atoms with Crippen LogP contribution in [0.5, 0.6) is 5.75 Å².